The Morgan fingerprint density at radius 2 is 1.80 bits per heavy atom. The molecule has 1 aliphatic rings. The number of benzene rings is 2. The first kappa shape index (κ1) is 24.2. The van der Waals surface area contributed by atoms with Crippen LogP contribution in [0.2, 0.25) is 0 Å². The lowest BCUT2D eigenvalue weighted by Crippen LogP contribution is -2.30. The zero-order valence-electron chi connectivity index (χ0n) is 20.9. The summed E-state index contributed by atoms with van der Waals surface area (Å²) in [6.45, 7) is 9.80. The van der Waals surface area contributed by atoms with E-state index in [4.69, 9.17) is 4.74 Å². The van der Waals surface area contributed by atoms with Crippen LogP contribution in [0.5, 0.6) is 5.75 Å². The summed E-state index contributed by atoms with van der Waals surface area (Å²) in [6.07, 6.45) is 3.26. The Hall–Kier alpha value is -3.93. The third-order valence-electron chi connectivity index (χ3n) is 6.73. The molecule has 35 heavy (non-hydrogen) atoms. The lowest BCUT2D eigenvalue weighted by Gasteiger charge is -2.27. The number of rotatable bonds is 5. The Labute approximate surface area is 205 Å². The van der Waals surface area contributed by atoms with Gasteiger partial charge in [0, 0.05) is 23.6 Å². The number of carbonyl (C=O) groups is 2. The number of aryl methyl sites for hydroxylation is 2. The lowest BCUT2D eigenvalue weighted by molar-refractivity contribution is -0.132. The van der Waals surface area contributed by atoms with Crippen LogP contribution in [0.25, 0.3) is 5.76 Å². The summed E-state index contributed by atoms with van der Waals surface area (Å²) in [5, 5.41) is 11.6. The SMILES string of the molecule is COc1cc(C)c(/C(O)=C2\C(=O)C(=O)N(c3cccc(C)c3C)C2c2cccnc2)cc1C(C)C. The molecule has 1 aliphatic heterocycles. The number of amides is 1. The molecule has 1 fully saturated rings. The Morgan fingerprint density at radius 3 is 2.43 bits per heavy atom. The molecule has 0 aliphatic carbocycles. The van der Waals surface area contributed by atoms with E-state index in [2.05, 4.69) is 4.98 Å². The molecular formula is C29H30N2O4. The molecule has 180 valence electrons. The summed E-state index contributed by atoms with van der Waals surface area (Å²) in [4.78, 5) is 32.6. The number of pyridine rings is 1. The van der Waals surface area contributed by atoms with E-state index in [1.165, 1.54) is 4.90 Å². The number of methoxy groups -OCH3 is 1. The number of ketones is 1. The van der Waals surface area contributed by atoms with Crippen LogP contribution in [0, 0.1) is 20.8 Å². The second kappa shape index (κ2) is 9.37. The fourth-order valence-corrected chi connectivity index (χ4v) is 4.66. The van der Waals surface area contributed by atoms with Gasteiger partial charge in [0.05, 0.1) is 18.7 Å². The molecule has 1 amide bonds. The van der Waals surface area contributed by atoms with Crippen LogP contribution in [0.15, 0.2) is 60.4 Å². The van der Waals surface area contributed by atoms with E-state index in [1.807, 2.05) is 71.0 Å². The van der Waals surface area contributed by atoms with Crippen molar-refractivity contribution in [3.05, 3.63) is 93.8 Å². The molecule has 0 radical (unpaired) electrons. The number of Topliss-reactive ketones (excluding diaryl/α,β-unsaturated/α-hetero) is 1. The van der Waals surface area contributed by atoms with E-state index >= 15 is 0 Å². The van der Waals surface area contributed by atoms with E-state index in [-0.39, 0.29) is 17.3 Å². The van der Waals surface area contributed by atoms with Crippen molar-refractivity contribution in [1.82, 2.24) is 4.98 Å². The maximum absolute atomic E-state index is 13.5. The van der Waals surface area contributed by atoms with Gasteiger partial charge < -0.3 is 9.84 Å². The van der Waals surface area contributed by atoms with Crippen LogP contribution in [0.4, 0.5) is 5.69 Å². The molecule has 3 aromatic rings. The van der Waals surface area contributed by atoms with Crippen LogP contribution in [-0.4, -0.2) is 28.9 Å². The first-order valence-electron chi connectivity index (χ1n) is 11.6. The quantitative estimate of drug-likeness (QED) is 0.291. The molecule has 1 unspecified atom stereocenters. The van der Waals surface area contributed by atoms with Gasteiger partial charge in [0.2, 0.25) is 0 Å². The van der Waals surface area contributed by atoms with Crippen LogP contribution < -0.4 is 9.64 Å². The molecule has 1 aromatic heterocycles. The van der Waals surface area contributed by atoms with Gasteiger partial charge in [-0.3, -0.25) is 19.5 Å². The second-order valence-electron chi connectivity index (χ2n) is 9.24. The highest BCUT2D eigenvalue weighted by Crippen LogP contribution is 2.44. The highest BCUT2D eigenvalue weighted by molar-refractivity contribution is 6.51. The van der Waals surface area contributed by atoms with Crippen LogP contribution in [0.3, 0.4) is 0 Å². The molecule has 1 saturated heterocycles. The Balaban J connectivity index is 2.01. The van der Waals surface area contributed by atoms with Gasteiger partial charge in [-0.25, -0.2) is 0 Å². The zero-order chi connectivity index (χ0) is 25.4. The minimum Gasteiger partial charge on any atom is -0.507 e. The second-order valence-corrected chi connectivity index (χ2v) is 9.24. The topological polar surface area (TPSA) is 79.7 Å². The van der Waals surface area contributed by atoms with E-state index in [9.17, 15) is 14.7 Å². The number of hydrogen-bond donors (Lipinski definition) is 1. The van der Waals surface area contributed by atoms with E-state index in [0.717, 1.165) is 22.3 Å². The summed E-state index contributed by atoms with van der Waals surface area (Å²) in [6, 6.07) is 12.1. The zero-order valence-corrected chi connectivity index (χ0v) is 20.9. The molecule has 1 atom stereocenters. The van der Waals surface area contributed by atoms with Gasteiger partial charge in [-0.1, -0.05) is 32.0 Å². The molecular weight excluding hydrogens is 440 g/mol. The summed E-state index contributed by atoms with van der Waals surface area (Å²) < 4.78 is 5.54. The molecule has 6 heteroatoms. The third-order valence-corrected chi connectivity index (χ3v) is 6.73. The highest BCUT2D eigenvalue weighted by atomic mass is 16.5. The number of nitrogens with zero attached hydrogens (tertiary/aromatic N) is 2. The normalized spacial score (nSPS) is 17.3. The maximum atomic E-state index is 13.5. The monoisotopic (exact) mass is 470 g/mol. The van der Waals surface area contributed by atoms with E-state index < -0.39 is 17.7 Å². The van der Waals surface area contributed by atoms with Gasteiger partial charge >= 0.3 is 0 Å². The Kier molecular flexibility index (Phi) is 6.48. The minimum atomic E-state index is -0.812. The molecule has 0 bridgehead atoms. The molecule has 2 heterocycles. The van der Waals surface area contributed by atoms with E-state index in [0.29, 0.717) is 22.6 Å². The van der Waals surface area contributed by atoms with Crippen molar-refractivity contribution in [2.45, 2.75) is 46.6 Å². The number of anilines is 1. The number of aliphatic hydroxyl groups is 1. The average molecular weight is 471 g/mol. The van der Waals surface area contributed by atoms with Crippen molar-refractivity contribution in [3.8, 4) is 5.75 Å². The number of aliphatic hydroxyl groups excluding tert-OH is 1. The van der Waals surface area contributed by atoms with Crippen molar-refractivity contribution in [3.63, 3.8) is 0 Å². The summed E-state index contributed by atoms with van der Waals surface area (Å²) in [5.41, 5.74) is 5.37. The molecule has 6 nitrogen and oxygen atoms in total. The van der Waals surface area contributed by atoms with Gasteiger partial charge in [-0.2, -0.15) is 0 Å². The number of hydrogen-bond acceptors (Lipinski definition) is 5. The first-order valence-corrected chi connectivity index (χ1v) is 11.6. The van der Waals surface area contributed by atoms with Crippen molar-refractivity contribution in [2.24, 2.45) is 0 Å². The standard InChI is InChI=1S/C29H30N2O4/c1-16(2)21-14-22(18(4)13-24(21)35-6)27(32)25-26(20-10-8-12-30-15-20)31(29(34)28(25)33)23-11-7-9-17(3)19(23)5/h7-16,26,32H,1-6H3/b27-25+. The predicted octanol–water partition coefficient (Wildman–Crippen LogP) is 5.77. The molecule has 0 spiro atoms. The fraction of sp³-hybridized carbons (Fsp3) is 0.276. The summed E-state index contributed by atoms with van der Waals surface area (Å²) in [7, 11) is 1.61. The van der Waals surface area contributed by atoms with Gasteiger partial charge in [-0.15, -0.1) is 0 Å². The number of aromatic nitrogens is 1. The minimum absolute atomic E-state index is 0.0480. The summed E-state index contributed by atoms with van der Waals surface area (Å²) in [5.74, 6) is -0.757. The first-order chi connectivity index (χ1) is 16.7. The largest absolute Gasteiger partial charge is 0.507 e. The van der Waals surface area contributed by atoms with Crippen molar-refractivity contribution in [2.75, 3.05) is 12.0 Å². The number of carbonyl (C=O) groups excluding carboxylic acids is 2. The summed E-state index contributed by atoms with van der Waals surface area (Å²) >= 11 is 0. The van der Waals surface area contributed by atoms with Gasteiger partial charge in [0.1, 0.15) is 11.5 Å². The Morgan fingerprint density at radius 1 is 1.06 bits per heavy atom. The molecule has 0 saturated carbocycles. The molecule has 1 N–H and O–H groups in total. The average Bonchev–Trinajstić information content (AvgIpc) is 3.10. The fourth-order valence-electron chi connectivity index (χ4n) is 4.66. The predicted molar refractivity (Wildman–Crippen MR) is 137 cm³/mol. The van der Waals surface area contributed by atoms with E-state index in [1.54, 1.807) is 25.6 Å². The molecule has 4 rings (SSSR count). The van der Waals surface area contributed by atoms with Gasteiger partial charge in [0.15, 0.2) is 0 Å². The highest BCUT2D eigenvalue weighted by Gasteiger charge is 2.47. The van der Waals surface area contributed by atoms with Gasteiger partial charge in [0.25, 0.3) is 11.7 Å². The van der Waals surface area contributed by atoms with Crippen LogP contribution in [0.1, 0.15) is 59.2 Å². The maximum Gasteiger partial charge on any atom is 0.300 e. The van der Waals surface area contributed by atoms with Crippen molar-refractivity contribution < 1.29 is 19.4 Å². The smallest absolute Gasteiger partial charge is 0.300 e. The Bertz CT molecular complexity index is 1340. The molecule has 2 aromatic carbocycles. The van der Waals surface area contributed by atoms with Crippen LogP contribution in [-0.2, 0) is 9.59 Å². The van der Waals surface area contributed by atoms with Gasteiger partial charge in [-0.05, 0) is 78.8 Å². The lowest BCUT2D eigenvalue weighted by atomic mass is 9.91. The van der Waals surface area contributed by atoms with Crippen molar-refractivity contribution in [1.29, 1.82) is 0 Å². The van der Waals surface area contributed by atoms with Crippen LogP contribution >= 0.6 is 0 Å². The van der Waals surface area contributed by atoms with Crippen molar-refractivity contribution >= 4 is 23.1 Å². The number of ether oxygens (including phenoxy) is 1. The third kappa shape index (κ3) is 4.09.